The minimum atomic E-state index is -0.318. The third kappa shape index (κ3) is 3.93. The van der Waals surface area contributed by atoms with E-state index in [1.54, 1.807) is 4.90 Å². The van der Waals surface area contributed by atoms with Crippen LogP contribution in [0.1, 0.15) is 30.5 Å². The van der Waals surface area contributed by atoms with Gasteiger partial charge in [-0.05, 0) is 43.2 Å². The van der Waals surface area contributed by atoms with Gasteiger partial charge in [-0.1, -0.05) is 46.3 Å². The van der Waals surface area contributed by atoms with Gasteiger partial charge in [0.25, 0.3) is 0 Å². The second-order valence-electron chi connectivity index (χ2n) is 6.48. The number of hydrogen-bond donors (Lipinski definition) is 1. The van der Waals surface area contributed by atoms with Crippen molar-refractivity contribution in [2.75, 3.05) is 11.9 Å². The second-order valence-corrected chi connectivity index (χ2v) is 7.40. The molecule has 1 fully saturated rings. The van der Waals surface area contributed by atoms with E-state index in [1.165, 1.54) is 0 Å². The number of carbonyl (C=O) groups excluding carboxylic acids is 2. The van der Waals surface area contributed by atoms with Crippen molar-refractivity contribution in [2.24, 2.45) is 5.92 Å². The Bertz CT molecular complexity index is 792. The van der Waals surface area contributed by atoms with Gasteiger partial charge < -0.3 is 10.2 Å². The first kappa shape index (κ1) is 17.7. The molecule has 0 radical (unpaired) electrons. The maximum Gasteiger partial charge on any atom is 0.229 e. The van der Waals surface area contributed by atoms with Crippen LogP contribution >= 0.6 is 15.9 Å². The molecule has 2 aromatic carbocycles. The molecular weight excluding hydrogens is 380 g/mol. The van der Waals surface area contributed by atoms with Crippen molar-refractivity contribution >= 4 is 33.4 Å². The molecule has 1 N–H and O–H groups in total. The van der Waals surface area contributed by atoms with Crippen molar-refractivity contribution in [2.45, 2.75) is 26.3 Å². The van der Waals surface area contributed by atoms with Crippen LogP contribution in [-0.4, -0.2) is 23.3 Å². The lowest BCUT2D eigenvalue weighted by Gasteiger charge is -2.25. The molecule has 3 rings (SSSR count). The molecule has 0 bridgehead atoms. The molecule has 0 unspecified atom stereocenters. The standard InChI is InChI=1S/C20H21BrN2O2/c1-13-10-17(21)8-9-18(13)22-20(25)16-11-19(24)23(12-16)14(2)15-6-4-3-5-7-15/h3-10,14,16H,11-12H2,1-2H3,(H,22,25)/t14-,16-/m0/s1. The van der Waals surface area contributed by atoms with Gasteiger partial charge in [-0.15, -0.1) is 0 Å². The van der Waals surface area contributed by atoms with E-state index in [1.807, 2.05) is 62.4 Å². The van der Waals surface area contributed by atoms with Crippen LogP contribution in [0.4, 0.5) is 5.69 Å². The van der Waals surface area contributed by atoms with Crippen LogP contribution in [0.2, 0.25) is 0 Å². The number of halogens is 1. The maximum atomic E-state index is 12.6. The smallest absolute Gasteiger partial charge is 0.229 e. The predicted molar refractivity (Wildman–Crippen MR) is 102 cm³/mol. The zero-order valence-electron chi connectivity index (χ0n) is 14.3. The van der Waals surface area contributed by atoms with Crippen molar-refractivity contribution < 1.29 is 9.59 Å². The SMILES string of the molecule is Cc1cc(Br)ccc1NC(=O)[C@H]1CC(=O)N([C@@H](C)c2ccccc2)C1. The molecule has 130 valence electrons. The highest BCUT2D eigenvalue weighted by Gasteiger charge is 2.37. The summed E-state index contributed by atoms with van der Waals surface area (Å²) in [6.45, 7) is 4.41. The summed E-state index contributed by atoms with van der Waals surface area (Å²) in [7, 11) is 0. The van der Waals surface area contributed by atoms with E-state index in [0.717, 1.165) is 21.3 Å². The monoisotopic (exact) mass is 400 g/mol. The van der Waals surface area contributed by atoms with E-state index >= 15 is 0 Å². The van der Waals surface area contributed by atoms with Gasteiger partial charge in [-0.3, -0.25) is 9.59 Å². The molecule has 1 heterocycles. The Kier molecular flexibility index (Phi) is 5.23. The topological polar surface area (TPSA) is 49.4 Å². The lowest BCUT2D eigenvalue weighted by Crippen LogP contribution is -2.30. The van der Waals surface area contributed by atoms with Gasteiger partial charge in [-0.2, -0.15) is 0 Å². The van der Waals surface area contributed by atoms with Gasteiger partial charge in [-0.25, -0.2) is 0 Å². The summed E-state index contributed by atoms with van der Waals surface area (Å²) in [5.41, 5.74) is 2.86. The number of rotatable bonds is 4. The van der Waals surface area contributed by atoms with Crippen molar-refractivity contribution in [3.8, 4) is 0 Å². The molecule has 0 aromatic heterocycles. The van der Waals surface area contributed by atoms with Gasteiger partial charge in [0.15, 0.2) is 0 Å². The summed E-state index contributed by atoms with van der Waals surface area (Å²) in [5.74, 6) is -0.382. The Hall–Kier alpha value is -2.14. The Morgan fingerprint density at radius 1 is 1.24 bits per heavy atom. The highest BCUT2D eigenvalue weighted by atomic mass is 79.9. The van der Waals surface area contributed by atoms with Crippen molar-refractivity contribution in [3.05, 3.63) is 64.1 Å². The lowest BCUT2D eigenvalue weighted by atomic mass is 10.1. The zero-order valence-corrected chi connectivity index (χ0v) is 15.9. The van der Waals surface area contributed by atoms with Crippen molar-refractivity contribution in [1.29, 1.82) is 0 Å². The van der Waals surface area contributed by atoms with Crippen LogP contribution in [0.25, 0.3) is 0 Å². The quantitative estimate of drug-likeness (QED) is 0.830. The van der Waals surface area contributed by atoms with Crippen LogP contribution in [0, 0.1) is 12.8 Å². The molecule has 4 nitrogen and oxygen atoms in total. The first-order chi connectivity index (χ1) is 12.0. The minimum absolute atomic E-state index is 0.0269. The molecule has 2 aromatic rings. The Morgan fingerprint density at radius 3 is 2.64 bits per heavy atom. The molecule has 0 spiro atoms. The summed E-state index contributed by atoms with van der Waals surface area (Å²) in [5, 5.41) is 2.96. The van der Waals surface area contributed by atoms with Gasteiger partial charge in [0.2, 0.25) is 11.8 Å². The van der Waals surface area contributed by atoms with E-state index in [2.05, 4.69) is 21.2 Å². The molecule has 5 heteroatoms. The summed E-state index contributed by atoms with van der Waals surface area (Å²) in [4.78, 5) is 26.8. The van der Waals surface area contributed by atoms with Crippen molar-refractivity contribution in [1.82, 2.24) is 4.90 Å². The first-order valence-corrected chi connectivity index (χ1v) is 9.16. The number of nitrogens with one attached hydrogen (secondary N) is 1. The predicted octanol–water partition coefficient (Wildman–Crippen LogP) is 4.31. The van der Waals surface area contributed by atoms with Crippen LogP contribution < -0.4 is 5.32 Å². The highest BCUT2D eigenvalue weighted by molar-refractivity contribution is 9.10. The number of carbonyl (C=O) groups is 2. The fourth-order valence-corrected chi connectivity index (χ4v) is 3.67. The molecule has 0 aliphatic carbocycles. The van der Waals surface area contributed by atoms with E-state index in [-0.39, 0.29) is 30.2 Å². The third-order valence-corrected chi connectivity index (χ3v) is 5.22. The molecule has 0 saturated carbocycles. The minimum Gasteiger partial charge on any atom is -0.335 e. The van der Waals surface area contributed by atoms with Crippen LogP contribution in [0.5, 0.6) is 0 Å². The fourth-order valence-electron chi connectivity index (χ4n) is 3.20. The average molecular weight is 401 g/mol. The summed E-state index contributed by atoms with van der Waals surface area (Å²) >= 11 is 3.42. The number of aryl methyl sites for hydroxylation is 1. The van der Waals surface area contributed by atoms with Gasteiger partial charge >= 0.3 is 0 Å². The molecule has 1 aliphatic heterocycles. The van der Waals surface area contributed by atoms with Crippen LogP contribution in [0.15, 0.2) is 53.0 Å². The zero-order chi connectivity index (χ0) is 18.0. The Morgan fingerprint density at radius 2 is 1.96 bits per heavy atom. The molecule has 1 saturated heterocycles. The molecule has 25 heavy (non-hydrogen) atoms. The van der Waals surface area contributed by atoms with E-state index < -0.39 is 0 Å². The third-order valence-electron chi connectivity index (χ3n) is 4.73. The fraction of sp³-hybridized carbons (Fsp3) is 0.300. The maximum absolute atomic E-state index is 12.6. The molecular formula is C20H21BrN2O2. The van der Waals surface area contributed by atoms with E-state index in [9.17, 15) is 9.59 Å². The first-order valence-electron chi connectivity index (χ1n) is 8.37. The largest absolute Gasteiger partial charge is 0.335 e. The highest BCUT2D eigenvalue weighted by Crippen LogP contribution is 2.29. The van der Waals surface area contributed by atoms with E-state index in [4.69, 9.17) is 0 Å². The summed E-state index contributed by atoms with van der Waals surface area (Å²) < 4.78 is 0.974. The summed E-state index contributed by atoms with van der Waals surface area (Å²) in [6.07, 6.45) is 0.262. The normalized spacial score (nSPS) is 18.3. The molecule has 2 atom stereocenters. The Balaban J connectivity index is 1.68. The number of benzene rings is 2. The number of likely N-dealkylation sites (tertiary alicyclic amines) is 1. The van der Waals surface area contributed by atoms with Crippen LogP contribution in [0.3, 0.4) is 0 Å². The van der Waals surface area contributed by atoms with E-state index in [0.29, 0.717) is 6.54 Å². The van der Waals surface area contributed by atoms with Gasteiger partial charge in [0.05, 0.1) is 12.0 Å². The summed E-state index contributed by atoms with van der Waals surface area (Å²) in [6, 6.07) is 15.6. The number of hydrogen-bond acceptors (Lipinski definition) is 2. The second kappa shape index (κ2) is 7.40. The molecule has 1 aliphatic rings. The number of anilines is 1. The van der Waals surface area contributed by atoms with Crippen LogP contribution in [-0.2, 0) is 9.59 Å². The lowest BCUT2D eigenvalue weighted by molar-refractivity contribution is -0.129. The number of nitrogens with zero attached hydrogens (tertiary/aromatic N) is 1. The average Bonchev–Trinajstić information content (AvgIpc) is 2.99. The number of amides is 2. The van der Waals surface area contributed by atoms with Gasteiger partial charge in [0.1, 0.15) is 0 Å². The van der Waals surface area contributed by atoms with Crippen molar-refractivity contribution in [3.63, 3.8) is 0 Å². The Labute approximate surface area is 156 Å². The van der Waals surface area contributed by atoms with Gasteiger partial charge in [0, 0.05) is 23.1 Å². The molecule has 2 amide bonds.